The number of amides is 1. The molecule has 4 aromatic rings. The van der Waals surface area contributed by atoms with Gasteiger partial charge in [0.2, 0.25) is 5.91 Å². The number of aromatic amines is 1. The van der Waals surface area contributed by atoms with E-state index in [1.165, 1.54) is 11.3 Å². The minimum Gasteiger partial charge on any atom is -0.375 e. The lowest BCUT2D eigenvalue weighted by molar-refractivity contribution is -0.135. The van der Waals surface area contributed by atoms with Crippen molar-refractivity contribution in [2.75, 3.05) is 50.1 Å². The van der Waals surface area contributed by atoms with E-state index >= 15 is 0 Å². The average Bonchev–Trinajstić information content (AvgIpc) is 3.49. The van der Waals surface area contributed by atoms with Gasteiger partial charge >= 0.3 is 0 Å². The van der Waals surface area contributed by atoms with Gasteiger partial charge in [0, 0.05) is 56.4 Å². The summed E-state index contributed by atoms with van der Waals surface area (Å²) in [4.78, 5) is 26.3. The van der Waals surface area contributed by atoms with Crippen molar-refractivity contribution in [3.63, 3.8) is 0 Å². The summed E-state index contributed by atoms with van der Waals surface area (Å²) in [6, 6.07) is 12.2. The van der Waals surface area contributed by atoms with Crippen LogP contribution in [0.2, 0.25) is 0 Å². The van der Waals surface area contributed by atoms with Crippen LogP contribution in [-0.2, 0) is 9.53 Å². The zero-order valence-corrected chi connectivity index (χ0v) is 18.4. The number of anilines is 3. The molecule has 4 heterocycles. The summed E-state index contributed by atoms with van der Waals surface area (Å²) in [5.74, 6) is 0.0499. The summed E-state index contributed by atoms with van der Waals surface area (Å²) in [5, 5.41) is 11.0. The second kappa shape index (κ2) is 8.93. The van der Waals surface area contributed by atoms with Crippen molar-refractivity contribution in [3.05, 3.63) is 48.8 Å². The quantitative estimate of drug-likeness (QED) is 0.467. The van der Waals surface area contributed by atoms with E-state index < -0.39 is 0 Å². The molecule has 9 nitrogen and oxygen atoms in total. The Morgan fingerprint density at radius 1 is 1.12 bits per heavy atom. The molecule has 0 atom stereocenters. The van der Waals surface area contributed by atoms with Crippen molar-refractivity contribution in [3.8, 4) is 11.3 Å². The number of methoxy groups -OCH3 is 1. The maximum atomic E-state index is 12.0. The number of thiazole rings is 1. The third-order valence-corrected chi connectivity index (χ3v) is 6.31. The maximum absolute atomic E-state index is 12.0. The first kappa shape index (κ1) is 20.4. The summed E-state index contributed by atoms with van der Waals surface area (Å²) in [6.45, 7) is 3.19. The third kappa shape index (κ3) is 4.27. The van der Waals surface area contributed by atoms with Crippen LogP contribution >= 0.6 is 11.3 Å². The van der Waals surface area contributed by atoms with Crippen molar-refractivity contribution >= 4 is 44.1 Å². The summed E-state index contributed by atoms with van der Waals surface area (Å²) < 4.78 is 4.95. The zero-order valence-electron chi connectivity index (χ0n) is 17.6. The maximum Gasteiger partial charge on any atom is 0.248 e. The van der Waals surface area contributed by atoms with Gasteiger partial charge in [-0.15, -0.1) is 0 Å². The molecule has 1 saturated heterocycles. The molecule has 1 fully saturated rings. The Morgan fingerprint density at radius 2 is 1.94 bits per heavy atom. The molecule has 10 heteroatoms. The van der Waals surface area contributed by atoms with Gasteiger partial charge in [-0.3, -0.25) is 9.89 Å². The first-order valence-corrected chi connectivity index (χ1v) is 11.2. The van der Waals surface area contributed by atoms with E-state index in [2.05, 4.69) is 37.5 Å². The van der Waals surface area contributed by atoms with Crippen molar-refractivity contribution in [2.45, 2.75) is 0 Å². The molecule has 0 saturated carbocycles. The highest BCUT2D eigenvalue weighted by atomic mass is 32.1. The van der Waals surface area contributed by atoms with Crippen LogP contribution in [0.25, 0.3) is 21.6 Å². The van der Waals surface area contributed by atoms with Crippen molar-refractivity contribution in [1.82, 2.24) is 25.1 Å². The molecule has 164 valence electrons. The number of nitrogens with one attached hydrogen (secondary N) is 2. The normalized spacial score (nSPS) is 14.2. The number of fused-ring (bicyclic) bond motifs is 1. The molecular weight excluding hydrogens is 426 g/mol. The standard InChI is InChI=1S/C22H23N7O2S/c1-31-14-20(30)29-10-8-28(9-11-29)17-4-2-16(3-5-17)25-22-27-19-7-6-18(26-21(19)32-22)15-12-23-24-13-15/h2-7,12-13H,8-11,14H2,1H3,(H,23,24)(H,25,27). The molecule has 0 spiro atoms. The van der Waals surface area contributed by atoms with Crippen LogP contribution in [0, 0.1) is 0 Å². The van der Waals surface area contributed by atoms with E-state index in [1.54, 1.807) is 13.3 Å². The first-order chi connectivity index (χ1) is 15.7. The van der Waals surface area contributed by atoms with E-state index in [-0.39, 0.29) is 12.5 Å². The van der Waals surface area contributed by atoms with Gasteiger partial charge in [-0.05, 0) is 36.4 Å². The summed E-state index contributed by atoms with van der Waals surface area (Å²) in [5.41, 5.74) is 4.80. The second-order valence-electron chi connectivity index (χ2n) is 7.50. The third-order valence-electron chi connectivity index (χ3n) is 5.43. The lowest BCUT2D eigenvalue weighted by atomic mass is 10.2. The van der Waals surface area contributed by atoms with Crippen LogP contribution in [0.15, 0.2) is 48.8 Å². The molecule has 0 bridgehead atoms. The van der Waals surface area contributed by atoms with Crippen molar-refractivity contribution in [1.29, 1.82) is 0 Å². The number of aromatic nitrogens is 4. The second-order valence-corrected chi connectivity index (χ2v) is 8.48. The molecule has 0 unspecified atom stereocenters. The number of piperazine rings is 1. The van der Waals surface area contributed by atoms with E-state index in [9.17, 15) is 4.79 Å². The number of hydrogen-bond acceptors (Lipinski definition) is 8. The highest BCUT2D eigenvalue weighted by Crippen LogP contribution is 2.30. The number of rotatable bonds is 6. The smallest absolute Gasteiger partial charge is 0.248 e. The Labute approximate surface area is 189 Å². The molecule has 0 aliphatic carbocycles. The summed E-state index contributed by atoms with van der Waals surface area (Å²) in [7, 11) is 1.55. The largest absolute Gasteiger partial charge is 0.375 e. The minimum absolute atomic E-state index is 0.0499. The van der Waals surface area contributed by atoms with Gasteiger partial charge in [0.1, 0.15) is 17.0 Å². The Kier molecular flexibility index (Phi) is 5.70. The monoisotopic (exact) mass is 449 g/mol. The Hall–Kier alpha value is -3.50. The first-order valence-electron chi connectivity index (χ1n) is 10.3. The lowest BCUT2D eigenvalue weighted by Gasteiger charge is -2.36. The number of carbonyl (C=O) groups is 1. The Bertz CT molecular complexity index is 1200. The number of nitrogens with zero attached hydrogens (tertiary/aromatic N) is 5. The van der Waals surface area contributed by atoms with E-state index in [0.29, 0.717) is 13.1 Å². The molecule has 5 rings (SSSR count). The number of pyridine rings is 1. The van der Waals surface area contributed by atoms with Crippen molar-refractivity contribution < 1.29 is 9.53 Å². The van der Waals surface area contributed by atoms with E-state index in [1.807, 2.05) is 35.4 Å². The Morgan fingerprint density at radius 3 is 2.66 bits per heavy atom. The van der Waals surface area contributed by atoms with Crippen LogP contribution in [0.3, 0.4) is 0 Å². The van der Waals surface area contributed by atoms with Gasteiger partial charge in [-0.25, -0.2) is 9.97 Å². The summed E-state index contributed by atoms with van der Waals surface area (Å²) in [6.07, 6.45) is 3.58. The molecule has 1 aliphatic rings. The van der Waals surface area contributed by atoms with Gasteiger partial charge < -0.3 is 19.9 Å². The molecule has 3 aromatic heterocycles. The van der Waals surface area contributed by atoms with Gasteiger partial charge in [0.25, 0.3) is 0 Å². The number of ether oxygens (including phenoxy) is 1. The van der Waals surface area contributed by atoms with Crippen LogP contribution < -0.4 is 10.2 Å². The SMILES string of the molecule is COCC(=O)N1CCN(c2ccc(Nc3nc4ccc(-c5cn[nH]c5)nc4s3)cc2)CC1. The number of H-pyrrole nitrogens is 1. The predicted molar refractivity (Wildman–Crippen MR) is 125 cm³/mol. The van der Waals surface area contributed by atoms with E-state index in [4.69, 9.17) is 9.72 Å². The molecule has 0 radical (unpaired) electrons. The van der Waals surface area contributed by atoms with Crippen LogP contribution in [0.4, 0.5) is 16.5 Å². The molecule has 1 aromatic carbocycles. The lowest BCUT2D eigenvalue weighted by Crippen LogP contribution is -2.49. The molecule has 2 N–H and O–H groups in total. The predicted octanol–water partition coefficient (Wildman–Crippen LogP) is 3.12. The fraction of sp³-hybridized carbons (Fsp3) is 0.273. The van der Waals surface area contributed by atoms with Crippen LogP contribution in [0.5, 0.6) is 0 Å². The minimum atomic E-state index is 0.0499. The summed E-state index contributed by atoms with van der Waals surface area (Å²) >= 11 is 1.52. The fourth-order valence-electron chi connectivity index (χ4n) is 3.73. The molecular formula is C22H23N7O2S. The molecule has 1 aliphatic heterocycles. The van der Waals surface area contributed by atoms with Gasteiger partial charge in [0.15, 0.2) is 5.13 Å². The van der Waals surface area contributed by atoms with Gasteiger partial charge in [0.05, 0.1) is 11.9 Å². The fourth-order valence-corrected chi connectivity index (χ4v) is 4.59. The Balaban J connectivity index is 1.23. The number of hydrogen-bond donors (Lipinski definition) is 2. The van der Waals surface area contributed by atoms with Gasteiger partial charge in [-0.2, -0.15) is 5.10 Å². The number of benzene rings is 1. The van der Waals surface area contributed by atoms with Crippen LogP contribution in [0.1, 0.15) is 0 Å². The van der Waals surface area contributed by atoms with Crippen molar-refractivity contribution in [2.24, 2.45) is 0 Å². The van der Waals surface area contributed by atoms with Crippen LogP contribution in [-0.4, -0.2) is 70.9 Å². The topological polar surface area (TPSA) is 99.3 Å². The molecule has 1 amide bonds. The highest BCUT2D eigenvalue weighted by molar-refractivity contribution is 7.21. The van der Waals surface area contributed by atoms with Gasteiger partial charge in [-0.1, -0.05) is 11.3 Å². The number of carbonyl (C=O) groups excluding carboxylic acids is 1. The zero-order chi connectivity index (χ0) is 21.9. The van der Waals surface area contributed by atoms with E-state index in [0.717, 1.165) is 51.2 Å². The highest BCUT2D eigenvalue weighted by Gasteiger charge is 2.21. The molecule has 32 heavy (non-hydrogen) atoms. The average molecular weight is 450 g/mol.